The SMILES string of the molecule is CCCCC/C=C\C/C=C\CCCCCCCC(=O)O.OCC(O)CO. The maximum Gasteiger partial charge on any atom is 0.303 e. The number of carbonyl (C=O) groups is 1. The van der Waals surface area contributed by atoms with Gasteiger partial charge >= 0.3 is 5.97 Å². The summed E-state index contributed by atoms with van der Waals surface area (Å²) in [7, 11) is 0. The van der Waals surface area contributed by atoms with Gasteiger partial charge < -0.3 is 20.4 Å². The third-order valence-corrected chi connectivity index (χ3v) is 3.76. The van der Waals surface area contributed by atoms with Gasteiger partial charge in [0, 0.05) is 6.42 Å². The van der Waals surface area contributed by atoms with Gasteiger partial charge in [-0.15, -0.1) is 0 Å². The van der Waals surface area contributed by atoms with Crippen molar-refractivity contribution >= 4 is 5.97 Å². The van der Waals surface area contributed by atoms with Crippen molar-refractivity contribution in [3.05, 3.63) is 24.3 Å². The Hall–Kier alpha value is -1.17. The molecule has 0 aliphatic heterocycles. The van der Waals surface area contributed by atoms with E-state index < -0.39 is 12.1 Å². The Morgan fingerprint density at radius 2 is 1.31 bits per heavy atom. The standard InChI is InChI=1S/C18H32O2.C3H8O3/c1-2-3-4-5-6-7-8-9-10-11-12-13-14-15-16-17-18(19)20;4-1-3(6)2-5/h6-7,9-10H,2-5,8,11-17H2,1H3,(H,19,20);3-6H,1-2H2/b7-6-,10-9-;. The lowest BCUT2D eigenvalue weighted by atomic mass is 10.1. The van der Waals surface area contributed by atoms with E-state index in [1.165, 1.54) is 44.9 Å². The molecule has 0 heterocycles. The Morgan fingerprint density at radius 3 is 1.77 bits per heavy atom. The average molecular weight is 373 g/mol. The normalized spacial score (nSPS) is 11.3. The molecule has 5 heteroatoms. The smallest absolute Gasteiger partial charge is 0.303 e. The van der Waals surface area contributed by atoms with Crippen molar-refractivity contribution in [3.63, 3.8) is 0 Å². The number of carboxylic acids is 1. The van der Waals surface area contributed by atoms with Crippen molar-refractivity contribution in [2.24, 2.45) is 0 Å². The van der Waals surface area contributed by atoms with Crippen LogP contribution in [0.4, 0.5) is 0 Å². The molecule has 0 unspecified atom stereocenters. The lowest BCUT2D eigenvalue weighted by Crippen LogP contribution is -2.15. The minimum atomic E-state index is -0.954. The molecule has 0 fully saturated rings. The molecule has 0 saturated heterocycles. The van der Waals surface area contributed by atoms with E-state index in [9.17, 15) is 4.79 Å². The van der Waals surface area contributed by atoms with Crippen LogP contribution in [0.25, 0.3) is 0 Å². The number of hydrogen-bond donors (Lipinski definition) is 4. The quantitative estimate of drug-likeness (QED) is 0.240. The van der Waals surface area contributed by atoms with Gasteiger partial charge in [-0.05, 0) is 38.5 Å². The lowest BCUT2D eigenvalue weighted by molar-refractivity contribution is -0.137. The Bertz CT molecular complexity index is 335. The van der Waals surface area contributed by atoms with Crippen molar-refractivity contribution in [2.75, 3.05) is 13.2 Å². The van der Waals surface area contributed by atoms with Gasteiger partial charge in [-0.25, -0.2) is 0 Å². The molecule has 0 atom stereocenters. The van der Waals surface area contributed by atoms with E-state index in [1.807, 2.05) is 0 Å². The molecule has 0 bridgehead atoms. The molecule has 26 heavy (non-hydrogen) atoms. The van der Waals surface area contributed by atoms with Crippen LogP contribution in [-0.2, 0) is 4.79 Å². The zero-order valence-electron chi connectivity index (χ0n) is 16.5. The first-order chi connectivity index (χ1) is 12.6. The predicted molar refractivity (Wildman–Crippen MR) is 107 cm³/mol. The van der Waals surface area contributed by atoms with E-state index in [4.69, 9.17) is 20.4 Å². The number of unbranched alkanes of at least 4 members (excludes halogenated alkanes) is 8. The van der Waals surface area contributed by atoms with Crippen LogP contribution in [0.5, 0.6) is 0 Å². The maximum atomic E-state index is 10.3. The molecule has 4 N–H and O–H groups in total. The molecule has 0 aliphatic rings. The van der Waals surface area contributed by atoms with Gasteiger partial charge in [0.05, 0.1) is 13.2 Å². The molecule has 0 aromatic rings. The van der Waals surface area contributed by atoms with E-state index >= 15 is 0 Å². The monoisotopic (exact) mass is 372 g/mol. The van der Waals surface area contributed by atoms with Crippen LogP contribution < -0.4 is 0 Å². The zero-order chi connectivity index (χ0) is 19.9. The lowest BCUT2D eigenvalue weighted by Gasteiger charge is -1.98. The fourth-order valence-corrected chi connectivity index (χ4v) is 2.15. The van der Waals surface area contributed by atoms with E-state index in [1.54, 1.807) is 0 Å². The first kappa shape index (κ1) is 27.1. The fraction of sp³-hybridized carbons (Fsp3) is 0.762. The summed E-state index contributed by atoms with van der Waals surface area (Å²) in [5.74, 6) is -0.671. The van der Waals surface area contributed by atoms with Crippen molar-refractivity contribution in [1.29, 1.82) is 0 Å². The van der Waals surface area contributed by atoms with Crippen LogP contribution in [0.15, 0.2) is 24.3 Å². The number of allylic oxidation sites excluding steroid dienone is 4. The molecule has 0 radical (unpaired) electrons. The van der Waals surface area contributed by atoms with Gasteiger partial charge in [0.1, 0.15) is 6.10 Å². The second kappa shape index (κ2) is 23.8. The summed E-state index contributed by atoms with van der Waals surface area (Å²) in [5, 5.41) is 32.5. The van der Waals surface area contributed by atoms with Crippen molar-refractivity contribution in [1.82, 2.24) is 0 Å². The van der Waals surface area contributed by atoms with Crippen LogP contribution in [-0.4, -0.2) is 45.7 Å². The molecular formula is C21H40O5. The van der Waals surface area contributed by atoms with Crippen molar-refractivity contribution in [2.45, 2.75) is 90.1 Å². The maximum absolute atomic E-state index is 10.3. The summed E-state index contributed by atoms with van der Waals surface area (Å²) in [6.07, 6.45) is 21.3. The molecular weight excluding hydrogens is 332 g/mol. The Balaban J connectivity index is 0. The third-order valence-electron chi connectivity index (χ3n) is 3.76. The highest BCUT2D eigenvalue weighted by molar-refractivity contribution is 5.66. The topological polar surface area (TPSA) is 98.0 Å². The van der Waals surface area contributed by atoms with Crippen LogP contribution in [0.2, 0.25) is 0 Å². The molecule has 0 aliphatic carbocycles. The van der Waals surface area contributed by atoms with Gasteiger partial charge in [-0.1, -0.05) is 63.3 Å². The van der Waals surface area contributed by atoms with Crippen LogP contribution in [0.1, 0.15) is 84.0 Å². The first-order valence-electron chi connectivity index (χ1n) is 10.00. The highest BCUT2D eigenvalue weighted by atomic mass is 16.4. The second-order valence-electron chi connectivity index (χ2n) is 6.39. The molecule has 0 rings (SSSR count). The Kier molecular flexibility index (Phi) is 24.8. The number of aliphatic carboxylic acids is 1. The number of rotatable bonds is 16. The molecule has 0 spiro atoms. The summed E-state index contributed by atoms with van der Waals surface area (Å²) in [4.78, 5) is 10.3. The largest absolute Gasteiger partial charge is 0.481 e. The highest BCUT2D eigenvalue weighted by Gasteiger charge is 1.95. The fourth-order valence-electron chi connectivity index (χ4n) is 2.15. The van der Waals surface area contributed by atoms with Crippen molar-refractivity contribution < 1.29 is 25.2 Å². The summed E-state index contributed by atoms with van der Waals surface area (Å²) >= 11 is 0. The molecule has 0 saturated carbocycles. The molecule has 0 aromatic carbocycles. The van der Waals surface area contributed by atoms with Gasteiger partial charge in [-0.2, -0.15) is 0 Å². The summed E-state index contributed by atoms with van der Waals surface area (Å²) in [6, 6.07) is 0. The number of carboxylic acid groups (broad SMARTS) is 1. The van der Waals surface area contributed by atoms with Crippen LogP contribution in [0, 0.1) is 0 Å². The first-order valence-corrected chi connectivity index (χ1v) is 10.00. The molecule has 154 valence electrons. The Labute approximate surface area is 159 Å². The number of hydrogen-bond acceptors (Lipinski definition) is 4. The summed E-state index contributed by atoms with van der Waals surface area (Å²) in [5.41, 5.74) is 0. The third kappa shape index (κ3) is 27.7. The second-order valence-corrected chi connectivity index (χ2v) is 6.39. The predicted octanol–water partition coefficient (Wildman–Crippen LogP) is 4.22. The summed E-state index contributed by atoms with van der Waals surface area (Å²) in [6.45, 7) is 1.51. The number of aliphatic hydroxyl groups is 3. The molecule has 0 amide bonds. The number of aliphatic hydroxyl groups excluding tert-OH is 3. The molecule has 0 aromatic heterocycles. The van der Waals surface area contributed by atoms with Crippen LogP contribution in [0.3, 0.4) is 0 Å². The van der Waals surface area contributed by atoms with Gasteiger partial charge in [0.2, 0.25) is 0 Å². The Morgan fingerprint density at radius 1 is 0.808 bits per heavy atom. The van der Waals surface area contributed by atoms with Gasteiger partial charge in [0.25, 0.3) is 0 Å². The van der Waals surface area contributed by atoms with Gasteiger partial charge in [0.15, 0.2) is 0 Å². The minimum absolute atomic E-state index is 0.324. The van der Waals surface area contributed by atoms with E-state index in [0.29, 0.717) is 6.42 Å². The van der Waals surface area contributed by atoms with E-state index in [0.717, 1.165) is 25.7 Å². The molecule has 5 nitrogen and oxygen atoms in total. The average Bonchev–Trinajstić information content (AvgIpc) is 2.64. The minimum Gasteiger partial charge on any atom is -0.481 e. The van der Waals surface area contributed by atoms with Gasteiger partial charge in [-0.3, -0.25) is 4.79 Å². The van der Waals surface area contributed by atoms with Crippen molar-refractivity contribution in [3.8, 4) is 0 Å². The summed E-state index contributed by atoms with van der Waals surface area (Å²) < 4.78 is 0. The van der Waals surface area contributed by atoms with Crippen LogP contribution >= 0.6 is 0 Å². The van der Waals surface area contributed by atoms with E-state index in [2.05, 4.69) is 31.2 Å². The zero-order valence-corrected chi connectivity index (χ0v) is 16.5. The van der Waals surface area contributed by atoms with E-state index in [-0.39, 0.29) is 13.2 Å². The highest BCUT2D eigenvalue weighted by Crippen LogP contribution is 2.08.